The second-order valence-corrected chi connectivity index (χ2v) is 5.41. The molecule has 150 valence electrons. The number of methoxy groups -OCH3 is 1. The third-order valence-corrected chi connectivity index (χ3v) is 3.57. The normalized spacial score (nSPS) is 11.0. The Morgan fingerprint density at radius 3 is 2.14 bits per heavy atom. The van der Waals surface area contributed by atoms with Crippen molar-refractivity contribution in [2.24, 2.45) is 0 Å². The quantitative estimate of drug-likeness (QED) is 0.295. The standard InChI is InChI=1S/C19H15F5O4/c1-3-4-10-5-6-12(13(7-10)26-2)27-9-14(25)28-8-11-15(20)17(22)19(24)18(23)16(11)21/h3-7H,8-9H2,1-2H3/b4-3+. The monoisotopic (exact) mass is 402 g/mol. The molecule has 28 heavy (non-hydrogen) atoms. The number of benzene rings is 2. The van der Waals surface area contributed by atoms with E-state index in [0.29, 0.717) is 5.75 Å². The van der Waals surface area contributed by atoms with Crippen LogP contribution in [-0.4, -0.2) is 19.7 Å². The average Bonchev–Trinajstić information content (AvgIpc) is 2.69. The summed E-state index contributed by atoms with van der Waals surface area (Å²) in [5, 5.41) is 0. The molecule has 0 heterocycles. The van der Waals surface area contributed by atoms with Crippen LogP contribution in [0.3, 0.4) is 0 Å². The van der Waals surface area contributed by atoms with Gasteiger partial charge >= 0.3 is 5.97 Å². The zero-order valence-corrected chi connectivity index (χ0v) is 14.8. The van der Waals surface area contributed by atoms with Crippen LogP contribution in [0.15, 0.2) is 24.3 Å². The average molecular weight is 402 g/mol. The summed E-state index contributed by atoms with van der Waals surface area (Å²) in [4.78, 5) is 11.7. The fourth-order valence-electron chi connectivity index (χ4n) is 2.21. The van der Waals surface area contributed by atoms with Crippen LogP contribution in [0.1, 0.15) is 18.1 Å². The van der Waals surface area contributed by atoms with Gasteiger partial charge < -0.3 is 14.2 Å². The highest BCUT2D eigenvalue weighted by Gasteiger charge is 2.26. The van der Waals surface area contributed by atoms with Crippen molar-refractivity contribution in [3.05, 3.63) is 64.5 Å². The van der Waals surface area contributed by atoms with Crippen LogP contribution >= 0.6 is 0 Å². The van der Waals surface area contributed by atoms with Crippen LogP contribution < -0.4 is 9.47 Å². The van der Waals surface area contributed by atoms with Gasteiger partial charge in [0.2, 0.25) is 5.82 Å². The first-order valence-corrected chi connectivity index (χ1v) is 7.89. The summed E-state index contributed by atoms with van der Waals surface area (Å²) in [7, 11) is 1.39. The number of rotatable bonds is 7. The first-order valence-electron chi connectivity index (χ1n) is 7.89. The largest absolute Gasteiger partial charge is 0.493 e. The Kier molecular flexibility index (Phi) is 6.97. The Hall–Kier alpha value is -3.10. The van der Waals surface area contributed by atoms with E-state index in [1.54, 1.807) is 12.1 Å². The lowest BCUT2D eigenvalue weighted by Gasteiger charge is -2.12. The SMILES string of the molecule is C/C=C/c1ccc(OCC(=O)OCc2c(F)c(F)c(F)c(F)c2F)c(OC)c1. The molecule has 0 aliphatic rings. The lowest BCUT2D eigenvalue weighted by molar-refractivity contribution is -0.147. The van der Waals surface area contributed by atoms with Gasteiger partial charge in [-0.3, -0.25) is 0 Å². The highest BCUT2D eigenvalue weighted by atomic mass is 19.2. The minimum absolute atomic E-state index is 0.198. The molecule has 0 saturated heterocycles. The Balaban J connectivity index is 2.03. The van der Waals surface area contributed by atoms with E-state index in [4.69, 9.17) is 9.47 Å². The maximum atomic E-state index is 13.5. The van der Waals surface area contributed by atoms with Crippen molar-refractivity contribution in [2.45, 2.75) is 13.5 Å². The molecule has 0 radical (unpaired) electrons. The molecule has 0 amide bonds. The van der Waals surface area contributed by atoms with Gasteiger partial charge in [-0.2, -0.15) is 0 Å². The Morgan fingerprint density at radius 2 is 1.57 bits per heavy atom. The predicted octanol–water partition coefficient (Wildman–Crippen LogP) is 4.55. The van der Waals surface area contributed by atoms with Gasteiger partial charge in [0.25, 0.3) is 0 Å². The second kappa shape index (κ2) is 9.20. The van der Waals surface area contributed by atoms with Crippen LogP contribution in [0.4, 0.5) is 22.0 Å². The molecule has 2 aromatic carbocycles. The van der Waals surface area contributed by atoms with Crippen LogP contribution in [0.25, 0.3) is 6.08 Å². The number of ether oxygens (including phenoxy) is 3. The van der Waals surface area contributed by atoms with Gasteiger partial charge in [0.15, 0.2) is 41.4 Å². The zero-order valence-electron chi connectivity index (χ0n) is 14.8. The molecule has 0 N–H and O–H groups in total. The van der Waals surface area contributed by atoms with Gasteiger partial charge in [0.05, 0.1) is 12.7 Å². The molecule has 0 aliphatic heterocycles. The van der Waals surface area contributed by atoms with Crippen LogP contribution in [0.5, 0.6) is 11.5 Å². The Bertz CT molecular complexity index is 883. The summed E-state index contributed by atoms with van der Waals surface area (Å²) in [5.41, 5.74) is -0.432. The maximum absolute atomic E-state index is 13.5. The number of carbonyl (C=O) groups excluding carboxylic acids is 1. The van der Waals surface area contributed by atoms with Gasteiger partial charge in [-0.1, -0.05) is 18.2 Å². The van der Waals surface area contributed by atoms with E-state index in [2.05, 4.69) is 4.74 Å². The molecule has 0 spiro atoms. The van der Waals surface area contributed by atoms with E-state index in [-0.39, 0.29) is 5.75 Å². The van der Waals surface area contributed by atoms with Gasteiger partial charge in [0.1, 0.15) is 6.61 Å². The number of allylic oxidation sites excluding steroid dienone is 1. The number of hydrogen-bond acceptors (Lipinski definition) is 4. The molecule has 2 rings (SSSR count). The van der Waals surface area contributed by atoms with Crippen molar-refractivity contribution < 1.29 is 41.0 Å². The van der Waals surface area contributed by atoms with Gasteiger partial charge in [-0.25, -0.2) is 26.7 Å². The molecule has 4 nitrogen and oxygen atoms in total. The molecule has 0 atom stereocenters. The van der Waals surface area contributed by atoms with Crippen molar-refractivity contribution in [3.63, 3.8) is 0 Å². The number of hydrogen-bond donors (Lipinski definition) is 0. The molecule has 9 heteroatoms. The maximum Gasteiger partial charge on any atom is 0.344 e. The molecule has 0 fully saturated rings. The van der Waals surface area contributed by atoms with E-state index < -0.39 is 53.8 Å². The van der Waals surface area contributed by atoms with Crippen LogP contribution in [0, 0.1) is 29.1 Å². The molecule has 0 aromatic heterocycles. The molecule has 2 aromatic rings. The lowest BCUT2D eigenvalue weighted by Crippen LogP contribution is -2.17. The smallest absolute Gasteiger partial charge is 0.344 e. The summed E-state index contributed by atoms with van der Waals surface area (Å²) in [6, 6.07) is 4.87. The molecular weight excluding hydrogens is 387 g/mol. The third kappa shape index (κ3) is 4.59. The summed E-state index contributed by atoms with van der Waals surface area (Å²) in [5.74, 6) is -11.2. The first kappa shape index (κ1) is 21.2. The lowest BCUT2D eigenvalue weighted by atomic mass is 10.2. The van der Waals surface area contributed by atoms with Crippen molar-refractivity contribution in [2.75, 3.05) is 13.7 Å². The summed E-state index contributed by atoms with van der Waals surface area (Å²) < 4.78 is 81.2. The van der Waals surface area contributed by atoms with Crippen LogP contribution in [-0.2, 0) is 16.1 Å². The van der Waals surface area contributed by atoms with Gasteiger partial charge in [-0.05, 0) is 24.6 Å². The van der Waals surface area contributed by atoms with Gasteiger partial charge in [-0.15, -0.1) is 0 Å². The molecule has 0 aliphatic carbocycles. The number of esters is 1. The third-order valence-electron chi connectivity index (χ3n) is 3.57. The number of halogens is 5. The summed E-state index contributed by atoms with van der Waals surface area (Å²) in [6.07, 6.45) is 3.62. The van der Waals surface area contributed by atoms with Crippen molar-refractivity contribution >= 4 is 12.0 Å². The predicted molar refractivity (Wildman–Crippen MR) is 89.2 cm³/mol. The highest BCUT2D eigenvalue weighted by molar-refractivity contribution is 5.71. The Labute approximate surface area is 157 Å². The van der Waals surface area contributed by atoms with E-state index in [1.807, 2.05) is 19.1 Å². The highest BCUT2D eigenvalue weighted by Crippen LogP contribution is 2.29. The Morgan fingerprint density at radius 1 is 0.964 bits per heavy atom. The zero-order chi connectivity index (χ0) is 20.8. The molecule has 0 saturated carbocycles. The van der Waals surface area contributed by atoms with Gasteiger partial charge in [0, 0.05) is 0 Å². The van der Waals surface area contributed by atoms with Crippen molar-refractivity contribution in [1.29, 1.82) is 0 Å². The number of carbonyl (C=O) groups is 1. The fourth-order valence-corrected chi connectivity index (χ4v) is 2.21. The minimum Gasteiger partial charge on any atom is -0.493 e. The van der Waals surface area contributed by atoms with E-state index in [1.165, 1.54) is 13.2 Å². The van der Waals surface area contributed by atoms with E-state index in [9.17, 15) is 26.7 Å². The van der Waals surface area contributed by atoms with E-state index in [0.717, 1.165) is 5.56 Å². The van der Waals surface area contributed by atoms with Crippen LogP contribution in [0.2, 0.25) is 0 Å². The minimum atomic E-state index is -2.29. The van der Waals surface area contributed by atoms with Crippen molar-refractivity contribution in [1.82, 2.24) is 0 Å². The first-order chi connectivity index (χ1) is 13.3. The molecular formula is C19H15F5O4. The van der Waals surface area contributed by atoms with E-state index >= 15 is 0 Å². The topological polar surface area (TPSA) is 44.8 Å². The van der Waals surface area contributed by atoms with Crippen molar-refractivity contribution in [3.8, 4) is 11.5 Å². The summed E-state index contributed by atoms with van der Waals surface area (Å²) in [6.45, 7) is 0.0114. The second-order valence-electron chi connectivity index (χ2n) is 5.41. The molecule has 0 unspecified atom stereocenters. The fraction of sp³-hybridized carbons (Fsp3) is 0.211. The summed E-state index contributed by atoms with van der Waals surface area (Å²) >= 11 is 0. The molecule has 0 bridgehead atoms.